The highest BCUT2D eigenvalue weighted by Crippen LogP contribution is 2.35. The van der Waals surface area contributed by atoms with Crippen LogP contribution in [0.4, 0.5) is 5.82 Å². The summed E-state index contributed by atoms with van der Waals surface area (Å²) >= 11 is 0. The summed E-state index contributed by atoms with van der Waals surface area (Å²) in [5.74, 6) is 0.734. The third-order valence-corrected chi connectivity index (χ3v) is 5.02. The molecule has 2 aliphatic heterocycles. The highest BCUT2D eigenvalue weighted by atomic mass is 16.3. The third-order valence-electron chi connectivity index (χ3n) is 5.02. The molecule has 0 aliphatic carbocycles. The zero-order valence-electron chi connectivity index (χ0n) is 13.5. The quantitative estimate of drug-likeness (QED) is 0.907. The fourth-order valence-electron chi connectivity index (χ4n) is 3.79. The molecule has 1 aromatic carbocycles. The van der Waals surface area contributed by atoms with Crippen LogP contribution >= 0.6 is 0 Å². The predicted molar refractivity (Wildman–Crippen MR) is 89.2 cm³/mol. The summed E-state index contributed by atoms with van der Waals surface area (Å²) in [7, 11) is 0. The van der Waals surface area contributed by atoms with Crippen LogP contribution in [0.5, 0.6) is 0 Å². The zero-order chi connectivity index (χ0) is 16.7. The Balaban J connectivity index is 1.60. The van der Waals surface area contributed by atoms with Crippen molar-refractivity contribution in [1.82, 2.24) is 14.9 Å². The van der Waals surface area contributed by atoms with Gasteiger partial charge in [-0.1, -0.05) is 24.3 Å². The number of hydrogen-bond acceptors (Lipinski definition) is 5. The number of nitrogens with zero attached hydrogens (tertiary/aromatic N) is 4. The van der Waals surface area contributed by atoms with E-state index in [9.17, 15) is 9.90 Å². The van der Waals surface area contributed by atoms with E-state index in [0.717, 1.165) is 0 Å². The van der Waals surface area contributed by atoms with E-state index >= 15 is 0 Å². The van der Waals surface area contributed by atoms with Gasteiger partial charge in [-0.3, -0.25) is 4.79 Å². The summed E-state index contributed by atoms with van der Waals surface area (Å²) in [6, 6.07) is 9.62. The molecule has 1 fully saturated rings. The van der Waals surface area contributed by atoms with E-state index in [2.05, 4.69) is 29.0 Å². The Morgan fingerprint density at radius 2 is 2.12 bits per heavy atom. The van der Waals surface area contributed by atoms with E-state index in [1.54, 1.807) is 12.3 Å². The van der Waals surface area contributed by atoms with Gasteiger partial charge in [-0.05, 0) is 24.1 Å². The number of carbonyl (C=O) groups is 1. The Bertz CT molecular complexity index is 752. The van der Waals surface area contributed by atoms with Gasteiger partial charge in [0.15, 0.2) is 0 Å². The van der Waals surface area contributed by atoms with Gasteiger partial charge in [0, 0.05) is 25.7 Å². The van der Waals surface area contributed by atoms with Crippen molar-refractivity contribution in [2.45, 2.75) is 38.1 Å². The Morgan fingerprint density at radius 3 is 2.88 bits per heavy atom. The lowest BCUT2D eigenvalue weighted by Gasteiger charge is -2.30. The van der Waals surface area contributed by atoms with Gasteiger partial charge in [-0.15, -0.1) is 0 Å². The van der Waals surface area contributed by atoms with Gasteiger partial charge in [0.1, 0.15) is 18.2 Å². The van der Waals surface area contributed by atoms with Gasteiger partial charge in [-0.2, -0.15) is 0 Å². The molecule has 2 aromatic rings. The first-order valence-corrected chi connectivity index (χ1v) is 8.24. The van der Waals surface area contributed by atoms with E-state index in [-0.39, 0.29) is 18.0 Å². The van der Waals surface area contributed by atoms with Crippen LogP contribution in [0.25, 0.3) is 0 Å². The summed E-state index contributed by atoms with van der Waals surface area (Å²) < 4.78 is 0. The summed E-state index contributed by atoms with van der Waals surface area (Å²) in [5, 5.41) is 10.1. The maximum atomic E-state index is 13.2. The van der Waals surface area contributed by atoms with E-state index in [4.69, 9.17) is 0 Å². The molecule has 0 bridgehead atoms. The van der Waals surface area contributed by atoms with Gasteiger partial charge in [0.2, 0.25) is 5.91 Å². The van der Waals surface area contributed by atoms with Crippen molar-refractivity contribution < 1.29 is 9.90 Å². The number of rotatable bonds is 2. The van der Waals surface area contributed by atoms with Crippen molar-refractivity contribution in [3.8, 4) is 0 Å². The van der Waals surface area contributed by atoms with Crippen LogP contribution in [-0.4, -0.2) is 44.6 Å². The molecule has 4 rings (SSSR count). The molecule has 1 aromatic heterocycles. The van der Waals surface area contributed by atoms with Crippen LogP contribution in [0.2, 0.25) is 0 Å². The molecule has 2 unspecified atom stereocenters. The Hall–Kier alpha value is -2.47. The first-order valence-electron chi connectivity index (χ1n) is 8.24. The third kappa shape index (κ3) is 2.43. The zero-order valence-corrected chi connectivity index (χ0v) is 13.5. The predicted octanol–water partition coefficient (Wildman–Crippen LogP) is 1.52. The molecule has 1 N–H and O–H groups in total. The summed E-state index contributed by atoms with van der Waals surface area (Å²) in [5.41, 5.74) is 2.41. The molecule has 0 spiro atoms. The maximum Gasteiger partial charge on any atom is 0.246 e. The number of carbonyl (C=O) groups excluding carboxylic acids is 1. The number of aliphatic hydroxyl groups excluding tert-OH is 1. The van der Waals surface area contributed by atoms with Gasteiger partial charge in [0.05, 0.1) is 12.1 Å². The van der Waals surface area contributed by atoms with E-state index in [1.807, 2.05) is 21.9 Å². The highest BCUT2D eigenvalue weighted by Gasteiger charge is 2.41. The van der Waals surface area contributed by atoms with Crippen LogP contribution in [0.3, 0.4) is 0 Å². The standard InChI is InChI=1S/C18H20N4O2/c1-12-15-5-3-2-4-13(15)9-21(12)18(24)16-8-14(23)10-22(16)17-6-7-19-11-20-17/h2-7,11-12,14,16,23H,8-10H2,1H3/t12-,14?,16?/m1/s1. The molecule has 1 saturated heterocycles. The number of anilines is 1. The first-order chi connectivity index (χ1) is 11.6. The van der Waals surface area contributed by atoms with Crippen LogP contribution in [-0.2, 0) is 11.3 Å². The number of hydrogen-bond donors (Lipinski definition) is 1. The molecule has 6 nitrogen and oxygen atoms in total. The van der Waals surface area contributed by atoms with Crippen molar-refractivity contribution in [3.63, 3.8) is 0 Å². The number of benzene rings is 1. The summed E-state index contributed by atoms with van der Waals surface area (Å²) in [6.07, 6.45) is 3.04. The number of β-amino-alcohol motifs (C(OH)–C–C–N with tert-alkyl or cyclic N) is 1. The first kappa shape index (κ1) is 15.1. The minimum Gasteiger partial charge on any atom is -0.391 e. The molecule has 3 atom stereocenters. The summed E-state index contributed by atoms with van der Waals surface area (Å²) in [4.78, 5) is 25.2. The van der Waals surface area contributed by atoms with Gasteiger partial charge in [0.25, 0.3) is 0 Å². The largest absolute Gasteiger partial charge is 0.391 e. The van der Waals surface area contributed by atoms with Crippen molar-refractivity contribution in [1.29, 1.82) is 0 Å². The lowest BCUT2D eigenvalue weighted by atomic mass is 10.1. The maximum absolute atomic E-state index is 13.2. The normalized spacial score (nSPS) is 25.8. The highest BCUT2D eigenvalue weighted by molar-refractivity contribution is 5.86. The van der Waals surface area contributed by atoms with E-state index in [0.29, 0.717) is 25.3 Å². The molecular formula is C18H20N4O2. The Labute approximate surface area is 140 Å². The van der Waals surface area contributed by atoms with Gasteiger partial charge < -0.3 is 14.9 Å². The number of aromatic nitrogens is 2. The molecular weight excluding hydrogens is 304 g/mol. The van der Waals surface area contributed by atoms with Gasteiger partial charge in [-0.25, -0.2) is 9.97 Å². The average Bonchev–Trinajstić information content (AvgIpc) is 3.16. The number of amides is 1. The van der Waals surface area contributed by atoms with Crippen molar-refractivity contribution in [2.75, 3.05) is 11.4 Å². The molecule has 1 amide bonds. The Morgan fingerprint density at radius 1 is 1.29 bits per heavy atom. The topological polar surface area (TPSA) is 69.6 Å². The van der Waals surface area contributed by atoms with Crippen molar-refractivity contribution >= 4 is 11.7 Å². The summed E-state index contributed by atoms with van der Waals surface area (Å²) in [6.45, 7) is 3.10. The van der Waals surface area contributed by atoms with Crippen LogP contribution < -0.4 is 4.90 Å². The van der Waals surface area contributed by atoms with E-state index in [1.165, 1.54) is 17.5 Å². The second kappa shape index (κ2) is 5.87. The smallest absolute Gasteiger partial charge is 0.246 e. The fourth-order valence-corrected chi connectivity index (χ4v) is 3.79. The number of fused-ring (bicyclic) bond motifs is 1. The van der Waals surface area contributed by atoms with Crippen molar-refractivity contribution in [2.24, 2.45) is 0 Å². The molecule has 2 aliphatic rings. The molecule has 24 heavy (non-hydrogen) atoms. The van der Waals surface area contributed by atoms with Gasteiger partial charge >= 0.3 is 0 Å². The second-order valence-electron chi connectivity index (χ2n) is 6.47. The Kier molecular flexibility index (Phi) is 3.69. The second-order valence-corrected chi connectivity index (χ2v) is 6.47. The molecule has 0 radical (unpaired) electrons. The monoisotopic (exact) mass is 324 g/mol. The molecule has 0 saturated carbocycles. The lowest BCUT2D eigenvalue weighted by molar-refractivity contribution is -0.134. The van der Waals surface area contributed by atoms with Crippen LogP contribution in [0, 0.1) is 0 Å². The minimum atomic E-state index is -0.519. The molecule has 3 heterocycles. The van der Waals surface area contributed by atoms with Crippen molar-refractivity contribution in [3.05, 3.63) is 54.0 Å². The average molecular weight is 324 g/mol. The SMILES string of the molecule is C[C@@H]1c2ccccc2CN1C(=O)C1CC(O)CN1c1ccncn1. The van der Waals surface area contributed by atoms with E-state index < -0.39 is 6.10 Å². The molecule has 124 valence electrons. The fraction of sp³-hybridized carbons (Fsp3) is 0.389. The lowest BCUT2D eigenvalue weighted by Crippen LogP contribution is -2.45. The van der Waals surface area contributed by atoms with Crippen LogP contribution in [0.15, 0.2) is 42.9 Å². The molecule has 6 heteroatoms. The minimum absolute atomic E-state index is 0.0499. The number of aliphatic hydroxyl groups is 1. The van der Waals surface area contributed by atoms with Crippen LogP contribution in [0.1, 0.15) is 30.5 Å².